The highest BCUT2D eigenvalue weighted by molar-refractivity contribution is 6.00. The lowest BCUT2D eigenvalue weighted by atomic mass is 9.98. The molecule has 0 radical (unpaired) electrons. The van der Waals surface area contributed by atoms with Crippen LogP contribution in [0.4, 0.5) is 17.6 Å². The zero-order valence-corrected chi connectivity index (χ0v) is 14.3. The van der Waals surface area contributed by atoms with Crippen LogP contribution in [-0.2, 0) is 6.54 Å². The van der Waals surface area contributed by atoms with Gasteiger partial charge >= 0.3 is 6.18 Å². The number of benzene rings is 2. The van der Waals surface area contributed by atoms with Crippen molar-refractivity contribution >= 4 is 5.91 Å². The van der Waals surface area contributed by atoms with Gasteiger partial charge in [-0.15, -0.1) is 0 Å². The summed E-state index contributed by atoms with van der Waals surface area (Å²) in [6.07, 6.45) is -3.66. The average molecular weight is 390 g/mol. The second-order valence-electron chi connectivity index (χ2n) is 6.08. The number of pyridine rings is 1. The molecule has 0 unspecified atom stereocenters. The summed E-state index contributed by atoms with van der Waals surface area (Å²) in [4.78, 5) is 25.0. The monoisotopic (exact) mass is 390 g/mol. The van der Waals surface area contributed by atoms with Gasteiger partial charge in [0.15, 0.2) is 0 Å². The molecule has 0 saturated carbocycles. The summed E-state index contributed by atoms with van der Waals surface area (Å²) < 4.78 is 53.9. The predicted octanol–water partition coefficient (Wildman–Crippen LogP) is 3.98. The van der Waals surface area contributed by atoms with E-state index in [9.17, 15) is 27.2 Å². The fourth-order valence-electron chi connectivity index (χ4n) is 2.98. The summed E-state index contributed by atoms with van der Waals surface area (Å²) in [5, 5.41) is 0. The maximum Gasteiger partial charge on any atom is 0.406 e. The van der Waals surface area contributed by atoms with Gasteiger partial charge in [-0.3, -0.25) is 9.59 Å². The lowest BCUT2D eigenvalue weighted by Gasteiger charge is -2.20. The number of rotatable bonds is 4. The van der Waals surface area contributed by atoms with Gasteiger partial charge in [0.05, 0.1) is 5.69 Å². The van der Waals surface area contributed by atoms with Gasteiger partial charge < -0.3 is 10.3 Å². The van der Waals surface area contributed by atoms with Gasteiger partial charge in [0.1, 0.15) is 17.9 Å². The minimum Gasteiger partial charge on any atom is -0.365 e. The van der Waals surface area contributed by atoms with E-state index in [1.807, 2.05) is 0 Å². The fraction of sp³-hybridized carbons (Fsp3) is 0.100. The quantitative estimate of drug-likeness (QED) is 0.685. The Balaban J connectivity index is 2.40. The van der Waals surface area contributed by atoms with Crippen LogP contribution in [0.5, 0.6) is 0 Å². The van der Waals surface area contributed by atoms with E-state index in [4.69, 9.17) is 5.73 Å². The van der Waals surface area contributed by atoms with Crippen molar-refractivity contribution in [3.8, 4) is 22.4 Å². The summed E-state index contributed by atoms with van der Waals surface area (Å²) in [5.74, 6) is -1.84. The van der Waals surface area contributed by atoms with Crippen LogP contribution in [0.15, 0.2) is 65.6 Å². The van der Waals surface area contributed by atoms with Crippen molar-refractivity contribution < 1.29 is 22.4 Å². The van der Waals surface area contributed by atoms with Crippen LogP contribution in [0, 0.1) is 5.82 Å². The summed E-state index contributed by atoms with van der Waals surface area (Å²) in [7, 11) is 0. The van der Waals surface area contributed by atoms with Crippen LogP contribution in [0.2, 0.25) is 0 Å². The Morgan fingerprint density at radius 2 is 1.64 bits per heavy atom. The number of primary amides is 1. The van der Waals surface area contributed by atoms with Gasteiger partial charge in [-0.25, -0.2) is 4.39 Å². The molecule has 144 valence electrons. The smallest absolute Gasteiger partial charge is 0.365 e. The number of carbonyl (C=O) groups excluding carboxylic acids is 1. The SMILES string of the molecule is NC(=O)c1c(-c2ccccc2)n(CC(F)(F)F)cc(-c2cccc(F)c2)c1=O. The normalized spacial score (nSPS) is 11.4. The Hall–Kier alpha value is -3.42. The zero-order chi connectivity index (χ0) is 20.5. The summed E-state index contributed by atoms with van der Waals surface area (Å²) in [5.41, 5.74) is 3.68. The van der Waals surface area contributed by atoms with E-state index >= 15 is 0 Å². The Morgan fingerprint density at radius 1 is 1.00 bits per heavy atom. The van der Waals surface area contributed by atoms with Crippen molar-refractivity contribution in [3.05, 3.63) is 82.4 Å². The van der Waals surface area contributed by atoms with Gasteiger partial charge in [-0.05, 0) is 23.3 Å². The molecule has 0 fully saturated rings. The molecule has 2 N–H and O–H groups in total. The number of amides is 1. The lowest BCUT2D eigenvalue weighted by Crippen LogP contribution is -2.29. The van der Waals surface area contributed by atoms with E-state index in [1.54, 1.807) is 18.2 Å². The van der Waals surface area contributed by atoms with Gasteiger partial charge in [0.25, 0.3) is 5.91 Å². The first-order chi connectivity index (χ1) is 13.2. The second kappa shape index (κ2) is 7.30. The van der Waals surface area contributed by atoms with Crippen molar-refractivity contribution in [2.45, 2.75) is 12.7 Å². The van der Waals surface area contributed by atoms with Crippen LogP contribution in [0.25, 0.3) is 22.4 Å². The van der Waals surface area contributed by atoms with E-state index in [0.29, 0.717) is 0 Å². The Morgan fingerprint density at radius 3 is 2.21 bits per heavy atom. The average Bonchev–Trinajstić information content (AvgIpc) is 2.61. The number of nitrogens with two attached hydrogens (primary N) is 1. The maximum absolute atomic E-state index is 13.6. The molecule has 0 atom stereocenters. The Bertz CT molecular complexity index is 1090. The number of nitrogens with zero attached hydrogens (tertiary/aromatic N) is 1. The van der Waals surface area contributed by atoms with Crippen LogP contribution in [-0.4, -0.2) is 16.7 Å². The van der Waals surface area contributed by atoms with Crippen molar-refractivity contribution in [2.24, 2.45) is 5.73 Å². The van der Waals surface area contributed by atoms with E-state index in [0.717, 1.165) is 22.9 Å². The molecule has 28 heavy (non-hydrogen) atoms. The molecular formula is C20H14F4N2O2. The molecule has 1 amide bonds. The summed E-state index contributed by atoms with van der Waals surface area (Å²) in [6.45, 7) is -1.46. The Kier molecular flexibility index (Phi) is 5.04. The summed E-state index contributed by atoms with van der Waals surface area (Å²) in [6, 6.07) is 12.5. The van der Waals surface area contributed by atoms with Crippen molar-refractivity contribution in [3.63, 3.8) is 0 Å². The van der Waals surface area contributed by atoms with E-state index < -0.39 is 35.4 Å². The molecular weight excluding hydrogens is 376 g/mol. The second-order valence-corrected chi connectivity index (χ2v) is 6.08. The third kappa shape index (κ3) is 3.95. The number of alkyl halides is 3. The van der Waals surface area contributed by atoms with Crippen LogP contribution >= 0.6 is 0 Å². The first-order valence-electron chi connectivity index (χ1n) is 8.13. The first-order valence-corrected chi connectivity index (χ1v) is 8.13. The third-order valence-corrected chi connectivity index (χ3v) is 4.06. The topological polar surface area (TPSA) is 65.1 Å². The fourth-order valence-corrected chi connectivity index (χ4v) is 2.98. The van der Waals surface area contributed by atoms with Gasteiger partial charge in [-0.2, -0.15) is 13.2 Å². The zero-order valence-electron chi connectivity index (χ0n) is 14.3. The van der Waals surface area contributed by atoms with Gasteiger partial charge in [-0.1, -0.05) is 42.5 Å². The Labute approximate surface area is 156 Å². The molecule has 4 nitrogen and oxygen atoms in total. The van der Waals surface area contributed by atoms with Gasteiger partial charge in [0.2, 0.25) is 5.43 Å². The summed E-state index contributed by atoms with van der Waals surface area (Å²) >= 11 is 0. The predicted molar refractivity (Wildman–Crippen MR) is 96.1 cm³/mol. The number of aromatic nitrogens is 1. The van der Waals surface area contributed by atoms with Crippen LogP contribution < -0.4 is 11.2 Å². The molecule has 3 rings (SSSR count). The molecule has 1 heterocycles. The highest BCUT2D eigenvalue weighted by atomic mass is 19.4. The van der Waals surface area contributed by atoms with Gasteiger partial charge in [0, 0.05) is 11.8 Å². The first kappa shape index (κ1) is 19.3. The largest absolute Gasteiger partial charge is 0.406 e. The molecule has 1 aromatic heterocycles. The highest BCUT2D eigenvalue weighted by Crippen LogP contribution is 2.29. The number of halogens is 4. The number of hydrogen-bond acceptors (Lipinski definition) is 2. The van der Waals surface area contributed by atoms with Crippen molar-refractivity contribution in [2.75, 3.05) is 0 Å². The minimum atomic E-state index is -4.63. The third-order valence-electron chi connectivity index (χ3n) is 4.06. The molecule has 8 heteroatoms. The molecule has 0 aliphatic carbocycles. The minimum absolute atomic E-state index is 0.0445. The standard InChI is InChI=1S/C20H14F4N2O2/c21-14-8-4-7-13(9-14)15-10-26(11-20(22,23)24)17(12-5-2-1-3-6-12)16(18(15)27)19(25)28/h1-10H,11H2,(H2,25,28). The molecule has 3 aromatic rings. The van der Waals surface area contributed by atoms with E-state index in [-0.39, 0.29) is 22.4 Å². The highest BCUT2D eigenvalue weighted by Gasteiger charge is 2.31. The lowest BCUT2D eigenvalue weighted by molar-refractivity contribution is -0.140. The molecule has 0 aliphatic heterocycles. The van der Waals surface area contributed by atoms with Crippen molar-refractivity contribution in [1.82, 2.24) is 4.57 Å². The van der Waals surface area contributed by atoms with E-state index in [2.05, 4.69) is 0 Å². The van der Waals surface area contributed by atoms with Crippen molar-refractivity contribution in [1.29, 1.82) is 0 Å². The number of carbonyl (C=O) groups is 1. The molecule has 0 spiro atoms. The number of hydrogen-bond donors (Lipinski definition) is 1. The molecule has 0 aliphatic rings. The van der Waals surface area contributed by atoms with Crippen LogP contribution in [0.1, 0.15) is 10.4 Å². The molecule has 0 bridgehead atoms. The molecule has 2 aromatic carbocycles. The molecule has 0 saturated heterocycles. The maximum atomic E-state index is 13.6. The van der Waals surface area contributed by atoms with Crippen LogP contribution in [0.3, 0.4) is 0 Å². The van der Waals surface area contributed by atoms with E-state index in [1.165, 1.54) is 24.3 Å².